The summed E-state index contributed by atoms with van der Waals surface area (Å²) in [5.41, 5.74) is 3.04. The zero-order valence-corrected chi connectivity index (χ0v) is 18.9. The van der Waals surface area contributed by atoms with E-state index in [4.69, 9.17) is 4.74 Å². The van der Waals surface area contributed by atoms with E-state index in [0.717, 1.165) is 11.1 Å². The maximum Gasteiger partial charge on any atom is 0.251 e. The zero-order chi connectivity index (χ0) is 23.8. The molecule has 0 spiro atoms. The molecule has 5 heteroatoms. The molecule has 0 fully saturated rings. The summed E-state index contributed by atoms with van der Waals surface area (Å²) in [6.45, 7) is 1.99. The lowest BCUT2D eigenvalue weighted by Crippen LogP contribution is -2.31. The van der Waals surface area contributed by atoms with Crippen LogP contribution in [-0.2, 0) is 4.79 Å². The molecule has 2 N–H and O–H groups in total. The minimum atomic E-state index is -0.487. The number of rotatable bonds is 8. The van der Waals surface area contributed by atoms with Gasteiger partial charge in [-0.1, -0.05) is 72.8 Å². The molecule has 2 amide bonds. The van der Waals surface area contributed by atoms with Crippen molar-refractivity contribution in [2.24, 2.45) is 0 Å². The molecule has 1 unspecified atom stereocenters. The number of para-hydroxylation sites is 2. The van der Waals surface area contributed by atoms with Gasteiger partial charge in [-0.25, -0.2) is 0 Å². The van der Waals surface area contributed by atoms with Gasteiger partial charge in [-0.2, -0.15) is 0 Å². The molecule has 0 bridgehead atoms. The first-order valence-electron chi connectivity index (χ1n) is 11.1. The Bertz CT molecular complexity index is 1260. The van der Waals surface area contributed by atoms with E-state index in [-0.39, 0.29) is 18.2 Å². The molecule has 170 valence electrons. The lowest BCUT2D eigenvalue weighted by Gasteiger charge is -2.20. The molecule has 4 aromatic carbocycles. The van der Waals surface area contributed by atoms with Crippen molar-refractivity contribution in [2.75, 3.05) is 5.32 Å². The minimum Gasteiger partial charge on any atom is -0.455 e. The number of aryl methyl sites for hydroxylation is 1. The van der Waals surface area contributed by atoms with Crippen LogP contribution in [0.1, 0.15) is 33.9 Å². The van der Waals surface area contributed by atoms with Crippen molar-refractivity contribution >= 4 is 17.5 Å². The fourth-order valence-electron chi connectivity index (χ4n) is 3.62. The SMILES string of the molecule is Cc1cccc(Oc2ccccc2NC(=O)CC(NC(=O)c2ccccc2)c2ccccc2)c1. The Morgan fingerprint density at radius 1 is 0.794 bits per heavy atom. The van der Waals surface area contributed by atoms with E-state index >= 15 is 0 Å². The van der Waals surface area contributed by atoms with Crippen LogP contribution in [0.15, 0.2) is 109 Å². The summed E-state index contributed by atoms with van der Waals surface area (Å²) in [6, 6.07) is 33.0. The lowest BCUT2D eigenvalue weighted by molar-refractivity contribution is -0.116. The van der Waals surface area contributed by atoms with Crippen LogP contribution in [-0.4, -0.2) is 11.8 Å². The van der Waals surface area contributed by atoms with Crippen molar-refractivity contribution in [3.8, 4) is 11.5 Å². The van der Waals surface area contributed by atoms with Crippen molar-refractivity contribution in [2.45, 2.75) is 19.4 Å². The largest absolute Gasteiger partial charge is 0.455 e. The van der Waals surface area contributed by atoms with E-state index in [1.54, 1.807) is 18.2 Å². The summed E-state index contributed by atoms with van der Waals surface area (Å²) >= 11 is 0. The second-order valence-electron chi connectivity index (χ2n) is 7.97. The highest BCUT2D eigenvalue weighted by atomic mass is 16.5. The summed E-state index contributed by atoms with van der Waals surface area (Å²) < 4.78 is 6.02. The third kappa shape index (κ3) is 6.11. The van der Waals surface area contributed by atoms with Crippen molar-refractivity contribution in [1.29, 1.82) is 0 Å². The molecular formula is C29H26N2O3. The third-order valence-corrected chi connectivity index (χ3v) is 5.31. The number of ether oxygens (including phenoxy) is 1. The summed E-state index contributed by atoms with van der Waals surface area (Å²) in [4.78, 5) is 25.8. The number of carbonyl (C=O) groups excluding carboxylic acids is 2. The normalized spacial score (nSPS) is 11.3. The number of hydrogen-bond acceptors (Lipinski definition) is 3. The first-order chi connectivity index (χ1) is 16.6. The van der Waals surface area contributed by atoms with Gasteiger partial charge in [-0.05, 0) is 54.4 Å². The fourth-order valence-corrected chi connectivity index (χ4v) is 3.62. The average Bonchev–Trinajstić information content (AvgIpc) is 2.86. The van der Waals surface area contributed by atoms with E-state index in [9.17, 15) is 9.59 Å². The fraction of sp³-hybridized carbons (Fsp3) is 0.103. The Morgan fingerprint density at radius 3 is 2.21 bits per heavy atom. The van der Waals surface area contributed by atoms with Crippen LogP contribution in [0.2, 0.25) is 0 Å². The zero-order valence-electron chi connectivity index (χ0n) is 18.9. The first kappa shape index (κ1) is 22.8. The van der Waals surface area contributed by atoms with Gasteiger partial charge in [0.25, 0.3) is 5.91 Å². The van der Waals surface area contributed by atoms with Gasteiger partial charge in [0.15, 0.2) is 5.75 Å². The van der Waals surface area contributed by atoms with Crippen molar-refractivity contribution in [3.05, 3.63) is 126 Å². The lowest BCUT2D eigenvalue weighted by atomic mass is 10.0. The van der Waals surface area contributed by atoms with Crippen LogP contribution in [0.4, 0.5) is 5.69 Å². The van der Waals surface area contributed by atoms with Gasteiger partial charge in [-0.15, -0.1) is 0 Å². The van der Waals surface area contributed by atoms with Gasteiger partial charge in [0.2, 0.25) is 5.91 Å². The molecule has 0 radical (unpaired) electrons. The minimum absolute atomic E-state index is 0.0708. The molecule has 4 rings (SSSR count). The Morgan fingerprint density at radius 2 is 1.47 bits per heavy atom. The molecule has 5 nitrogen and oxygen atoms in total. The number of carbonyl (C=O) groups is 2. The van der Waals surface area contributed by atoms with Gasteiger partial charge in [0, 0.05) is 5.56 Å². The topological polar surface area (TPSA) is 67.4 Å². The first-order valence-corrected chi connectivity index (χ1v) is 11.1. The molecule has 0 aliphatic heterocycles. The van der Waals surface area contributed by atoms with Gasteiger partial charge in [0.1, 0.15) is 5.75 Å². The Labute approximate surface area is 199 Å². The molecule has 0 heterocycles. The van der Waals surface area contributed by atoms with E-state index in [1.165, 1.54) is 0 Å². The Kier molecular flexibility index (Phi) is 7.35. The van der Waals surface area contributed by atoms with Crippen LogP contribution in [0.25, 0.3) is 0 Å². The maximum atomic E-state index is 13.1. The second kappa shape index (κ2) is 11.0. The molecule has 1 atom stereocenters. The standard InChI is InChI=1S/C29H26N2O3/c1-21-11-10-16-24(19-21)34-27-18-9-8-17-25(27)30-28(32)20-26(22-12-4-2-5-13-22)31-29(33)23-14-6-3-7-15-23/h2-19,26H,20H2,1H3,(H,30,32)(H,31,33). The van der Waals surface area contributed by atoms with E-state index in [2.05, 4.69) is 10.6 Å². The second-order valence-corrected chi connectivity index (χ2v) is 7.97. The molecule has 34 heavy (non-hydrogen) atoms. The average molecular weight is 451 g/mol. The quantitative estimate of drug-likeness (QED) is 0.332. The van der Waals surface area contributed by atoms with Gasteiger partial charge in [0.05, 0.1) is 18.2 Å². The Balaban J connectivity index is 1.50. The smallest absolute Gasteiger partial charge is 0.251 e. The van der Waals surface area contributed by atoms with Crippen LogP contribution in [0.3, 0.4) is 0 Å². The summed E-state index contributed by atoms with van der Waals surface area (Å²) in [5, 5.41) is 5.94. The van der Waals surface area contributed by atoms with Crippen LogP contribution in [0.5, 0.6) is 11.5 Å². The molecule has 0 saturated carbocycles. The number of nitrogens with one attached hydrogen (secondary N) is 2. The van der Waals surface area contributed by atoms with Crippen LogP contribution >= 0.6 is 0 Å². The number of benzene rings is 4. The highest BCUT2D eigenvalue weighted by Gasteiger charge is 2.20. The van der Waals surface area contributed by atoms with E-state index in [1.807, 2.05) is 97.9 Å². The highest BCUT2D eigenvalue weighted by molar-refractivity contribution is 5.96. The van der Waals surface area contributed by atoms with E-state index in [0.29, 0.717) is 22.7 Å². The Hall–Kier alpha value is -4.38. The predicted molar refractivity (Wildman–Crippen MR) is 134 cm³/mol. The summed E-state index contributed by atoms with van der Waals surface area (Å²) in [5.74, 6) is 0.776. The molecule has 0 aromatic heterocycles. The van der Waals surface area contributed by atoms with Gasteiger partial charge in [-0.3, -0.25) is 9.59 Å². The van der Waals surface area contributed by atoms with Crippen LogP contribution < -0.4 is 15.4 Å². The summed E-state index contributed by atoms with van der Waals surface area (Å²) in [7, 11) is 0. The van der Waals surface area contributed by atoms with Gasteiger partial charge < -0.3 is 15.4 Å². The monoisotopic (exact) mass is 450 g/mol. The molecule has 4 aromatic rings. The predicted octanol–water partition coefficient (Wildman–Crippen LogP) is 6.29. The number of hydrogen-bond donors (Lipinski definition) is 2. The third-order valence-electron chi connectivity index (χ3n) is 5.31. The molecule has 0 saturated heterocycles. The maximum absolute atomic E-state index is 13.1. The van der Waals surface area contributed by atoms with Crippen molar-refractivity contribution < 1.29 is 14.3 Å². The molecule has 0 aliphatic rings. The number of amides is 2. The highest BCUT2D eigenvalue weighted by Crippen LogP contribution is 2.30. The molecule has 0 aliphatic carbocycles. The molecular weight excluding hydrogens is 424 g/mol. The van der Waals surface area contributed by atoms with E-state index < -0.39 is 6.04 Å². The van der Waals surface area contributed by atoms with Crippen molar-refractivity contribution in [3.63, 3.8) is 0 Å². The van der Waals surface area contributed by atoms with Gasteiger partial charge >= 0.3 is 0 Å². The van der Waals surface area contributed by atoms with Crippen LogP contribution in [0, 0.1) is 6.92 Å². The van der Waals surface area contributed by atoms with Crippen molar-refractivity contribution in [1.82, 2.24) is 5.32 Å². The number of anilines is 1. The summed E-state index contributed by atoms with van der Waals surface area (Å²) in [6.07, 6.45) is 0.0708.